The van der Waals surface area contributed by atoms with Crippen LogP contribution in [0.25, 0.3) is 0 Å². The average molecular weight is 348 g/mol. The van der Waals surface area contributed by atoms with E-state index in [9.17, 15) is 9.59 Å². The molecule has 0 saturated heterocycles. The van der Waals surface area contributed by atoms with Gasteiger partial charge in [-0.3, -0.25) is 9.59 Å². The SMILES string of the molecule is COc1ccc(OCCNC(=O)CCNC(=O)c2ccsc2)cc1. The zero-order valence-electron chi connectivity index (χ0n) is 13.4. The first-order valence-electron chi connectivity index (χ1n) is 7.53. The van der Waals surface area contributed by atoms with E-state index in [2.05, 4.69) is 10.6 Å². The maximum absolute atomic E-state index is 11.7. The molecule has 0 aliphatic carbocycles. The monoisotopic (exact) mass is 348 g/mol. The van der Waals surface area contributed by atoms with Gasteiger partial charge in [-0.2, -0.15) is 11.3 Å². The van der Waals surface area contributed by atoms with Crippen LogP contribution in [0.1, 0.15) is 16.8 Å². The minimum atomic E-state index is -0.160. The average Bonchev–Trinajstić information content (AvgIpc) is 3.14. The third-order valence-electron chi connectivity index (χ3n) is 3.17. The fraction of sp³-hybridized carbons (Fsp3) is 0.294. The molecule has 2 amide bonds. The molecule has 1 heterocycles. The number of hydrogen-bond donors (Lipinski definition) is 2. The van der Waals surface area contributed by atoms with Crippen LogP contribution in [0.2, 0.25) is 0 Å². The number of methoxy groups -OCH3 is 1. The summed E-state index contributed by atoms with van der Waals surface area (Å²) in [6.45, 7) is 1.09. The van der Waals surface area contributed by atoms with Gasteiger partial charge in [0.15, 0.2) is 0 Å². The summed E-state index contributed by atoms with van der Waals surface area (Å²) in [5.74, 6) is 1.19. The van der Waals surface area contributed by atoms with Gasteiger partial charge in [0.1, 0.15) is 18.1 Å². The number of carbonyl (C=O) groups excluding carboxylic acids is 2. The molecule has 0 aliphatic rings. The number of amides is 2. The first-order valence-corrected chi connectivity index (χ1v) is 8.47. The fourth-order valence-electron chi connectivity index (χ4n) is 1.90. The van der Waals surface area contributed by atoms with Gasteiger partial charge in [-0.05, 0) is 35.7 Å². The summed E-state index contributed by atoms with van der Waals surface area (Å²) in [4.78, 5) is 23.4. The molecule has 0 radical (unpaired) electrons. The first kappa shape index (κ1) is 17.8. The van der Waals surface area contributed by atoms with Gasteiger partial charge in [0, 0.05) is 23.9 Å². The summed E-state index contributed by atoms with van der Waals surface area (Å²) in [7, 11) is 1.61. The van der Waals surface area contributed by atoms with Gasteiger partial charge in [0.25, 0.3) is 5.91 Å². The molecular formula is C17H20N2O4S. The van der Waals surface area contributed by atoms with Crippen molar-refractivity contribution >= 4 is 23.2 Å². The largest absolute Gasteiger partial charge is 0.497 e. The second-order valence-corrected chi connectivity index (χ2v) is 5.67. The number of rotatable bonds is 9. The molecule has 0 saturated carbocycles. The van der Waals surface area contributed by atoms with Crippen molar-refractivity contribution < 1.29 is 19.1 Å². The van der Waals surface area contributed by atoms with E-state index in [1.165, 1.54) is 11.3 Å². The Labute approximate surface area is 144 Å². The Bertz CT molecular complexity index is 641. The third kappa shape index (κ3) is 5.92. The topological polar surface area (TPSA) is 76.7 Å². The molecule has 0 bridgehead atoms. The summed E-state index contributed by atoms with van der Waals surface area (Å²) >= 11 is 1.46. The van der Waals surface area contributed by atoms with Gasteiger partial charge < -0.3 is 20.1 Å². The highest BCUT2D eigenvalue weighted by atomic mass is 32.1. The van der Waals surface area contributed by atoms with E-state index in [4.69, 9.17) is 9.47 Å². The van der Waals surface area contributed by atoms with Gasteiger partial charge in [0.05, 0.1) is 13.7 Å². The number of nitrogens with one attached hydrogen (secondary N) is 2. The van der Waals surface area contributed by atoms with Crippen LogP contribution in [-0.4, -0.2) is 38.6 Å². The van der Waals surface area contributed by atoms with Crippen LogP contribution < -0.4 is 20.1 Å². The highest BCUT2D eigenvalue weighted by Crippen LogP contribution is 2.16. The van der Waals surface area contributed by atoms with Crippen molar-refractivity contribution in [3.05, 3.63) is 46.7 Å². The standard InChI is InChI=1S/C17H20N2O4S/c1-22-14-2-4-15(5-3-14)23-10-9-18-16(20)6-8-19-17(21)13-7-11-24-12-13/h2-5,7,11-12H,6,8-10H2,1H3,(H,18,20)(H,19,21). The van der Waals surface area contributed by atoms with E-state index >= 15 is 0 Å². The van der Waals surface area contributed by atoms with Crippen molar-refractivity contribution in [3.63, 3.8) is 0 Å². The smallest absolute Gasteiger partial charge is 0.252 e. The summed E-state index contributed by atoms with van der Waals surface area (Å²) in [6, 6.07) is 8.98. The Morgan fingerprint density at radius 1 is 1.04 bits per heavy atom. The molecule has 0 fully saturated rings. The lowest BCUT2D eigenvalue weighted by molar-refractivity contribution is -0.121. The molecule has 2 N–H and O–H groups in total. The second kappa shape index (κ2) is 9.57. The van der Waals surface area contributed by atoms with Crippen molar-refractivity contribution in [3.8, 4) is 11.5 Å². The van der Waals surface area contributed by atoms with Gasteiger partial charge in [0.2, 0.25) is 5.91 Å². The van der Waals surface area contributed by atoms with Crippen molar-refractivity contribution in [1.29, 1.82) is 0 Å². The lowest BCUT2D eigenvalue weighted by atomic mass is 10.3. The molecule has 0 aliphatic heterocycles. The van der Waals surface area contributed by atoms with E-state index in [1.54, 1.807) is 30.7 Å². The number of hydrogen-bond acceptors (Lipinski definition) is 5. The van der Waals surface area contributed by atoms with Crippen molar-refractivity contribution in [2.75, 3.05) is 26.8 Å². The quantitative estimate of drug-likeness (QED) is 0.680. The van der Waals surface area contributed by atoms with Crippen LogP contribution in [-0.2, 0) is 4.79 Å². The van der Waals surface area contributed by atoms with Crippen LogP contribution >= 0.6 is 11.3 Å². The van der Waals surface area contributed by atoms with Gasteiger partial charge in [-0.15, -0.1) is 0 Å². The zero-order chi connectivity index (χ0) is 17.2. The van der Waals surface area contributed by atoms with Gasteiger partial charge >= 0.3 is 0 Å². The Kier molecular flexibility index (Phi) is 7.10. The van der Waals surface area contributed by atoms with Crippen LogP contribution in [0.3, 0.4) is 0 Å². The molecule has 0 atom stereocenters. The van der Waals surface area contributed by atoms with Crippen molar-refractivity contribution in [2.45, 2.75) is 6.42 Å². The number of carbonyl (C=O) groups is 2. The summed E-state index contributed by atoms with van der Waals surface area (Å²) < 4.78 is 10.6. The Morgan fingerprint density at radius 2 is 1.79 bits per heavy atom. The molecule has 2 aromatic rings. The number of thiophene rings is 1. The first-order chi connectivity index (χ1) is 11.7. The van der Waals surface area contributed by atoms with E-state index in [-0.39, 0.29) is 18.2 Å². The maximum Gasteiger partial charge on any atom is 0.252 e. The Morgan fingerprint density at radius 3 is 2.46 bits per heavy atom. The summed E-state index contributed by atoms with van der Waals surface area (Å²) in [6.07, 6.45) is 0.235. The highest BCUT2D eigenvalue weighted by molar-refractivity contribution is 7.08. The van der Waals surface area contributed by atoms with Crippen molar-refractivity contribution in [2.24, 2.45) is 0 Å². The minimum Gasteiger partial charge on any atom is -0.497 e. The minimum absolute atomic E-state index is 0.126. The second-order valence-electron chi connectivity index (χ2n) is 4.89. The molecule has 0 spiro atoms. The molecular weight excluding hydrogens is 328 g/mol. The highest BCUT2D eigenvalue weighted by Gasteiger charge is 2.06. The maximum atomic E-state index is 11.7. The molecule has 0 unspecified atom stereocenters. The predicted octanol–water partition coefficient (Wildman–Crippen LogP) is 2.07. The van der Waals surface area contributed by atoms with Crippen LogP contribution in [0.4, 0.5) is 0 Å². The Hall–Kier alpha value is -2.54. The summed E-state index contributed by atoms with van der Waals surface area (Å²) in [5.41, 5.74) is 0.619. The Balaban J connectivity index is 1.55. The fourth-order valence-corrected chi connectivity index (χ4v) is 2.54. The van der Waals surface area contributed by atoms with Gasteiger partial charge in [-0.25, -0.2) is 0 Å². The third-order valence-corrected chi connectivity index (χ3v) is 3.86. The molecule has 6 nitrogen and oxygen atoms in total. The van der Waals surface area contributed by atoms with E-state index in [1.807, 2.05) is 17.5 Å². The normalized spacial score (nSPS) is 10.0. The molecule has 2 rings (SSSR count). The lowest BCUT2D eigenvalue weighted by Crippen LogP contribution is -2.32. The molecule has 1 aromatic heterocycles. The van der Waals surface area contributed by atoms with Crippen LogP contribution in [0, 0.1) is 0 Å². The predicted molar refractivity (Wildman–Crippen MR) is 92.8 cm³/mol. The molecule has 7 heteroatoms. The molecule has 128 valence electrons. The van der Waals surface area contributed by atoms with Crippen molar-refractivity contribution in [1.82, 2.24) is 10.6 Å². The van der Waals surface area contributed by atoms with E-state index in [0.717, 1.165) is 5.75 Å². The van der Waals surface area contributed by atoms with E-state index in [0.29, 0.717) is 31.0 Å². The zero-order valence-corrected chi connectivity index (χ0v) is 14.2. The lowest BCUT2D eigenvalue weighted by Gasteiger charge is -2.09. The molecule has 24 heavy (non-hydrogen) atoms. The van der Waals surface area contributed by atoms with Crippen LogP contribution in [0.15, 0.2) is 41.1 Å². The van der Waals surface area contributed by atoms with Crippen LogP contribution in [0.5, 0.6) is 11.5 Å². The van der Waals surface area contributed by atoms with Gasteiger partial charge in [-0.1, -0.05) is 0 Å². The van der Waals surface area contributed by atoms with E-state index < -0.39 is 0 Å². The number of ether oxygens (including phenoxy) is 2. The molecule has 1 aromatic carbocycles. The summed E-state index contributed by atoms with van der Waals surface area (Å²) in [5, 5.41) is 9.06. The number of benzene rings is 1.